The second-order valence-corrected chi connectivity index (χ2v) is 6.17. The number of nitrogens with one attached hydrogen (secondary N) is 1. The first kappa shape index (κ1) is 16.8. The van der Waals surface area contributed by atoms with Crippen LogP contribution in [0.3, 0.4) is 0 Å². The number of hydrazone groups is 1. The molecule has 0 unspecified atom stereocenters. The monoisotopic (exact) mass is 322 g/mol. The van der Waals surface area contributed by atoms with Gasteiger partial charge < -0.3 is 4.74 Å². The molecule has 22 heavy (non-hydrogen) atoms. The molecule has 1 N–H and O–H groups in total. The van der Waals surface area contributed by atoms with E-state index < -0.39 is 6.10 Å². The third-order valence-electron chi connectivity index (χ3n) is 3.81. The number of carbonyl (C=O) groups excluding carboxylic acids is 1. The third kappa shape index (κ3) is 5.02. The van der Waals surface area contributed by atoms with Crippen molar-refractivity contribution in [2.24, 2.45) is 5.10 Å². The molecule has 4 nitrogen and oxygen atoms in total. The molecular weight excluding hydrogens is 300 g/mol. The summed E-state index contributed by atoms with van der Waals surface area (Å²) >= 11 is 5.91. The minimum atomic E-state index is -0.602. The van der Waals surface area contributed by atoms with E-state index in [4.69, 9.17) is 16.3 Å². The summed E-state index contributed by atoms with van der Waals surface area (Å²) in [4.78, 5) is 12.1. The van der Waals surface area contributed by atoms with Gasteiger partial charge in [-0.15, -0.1) is 0 Å². The molecule has 0 saturated heterocycles. The second-order valence-electron chi connectivity index (χ2n) is 5.74. The average Bonchev–Trinajstić information content (AvgIpc) is 2.76. The van der Waals surface area contributed by atoms with Gasteiger partial charge in [0.05, 0.1) is 0 Å². The van der Waals surface area contributed by atoms with Crippen molar-refractivity contribution in [2.45, 2.75) is 58.5 Å². The molecule has 0 heterocycles. The van der Waals surface area contributed by atoms with Gasteiger partial charge in [0.2, 0.25) is 0 Å². The molecule has 0 aliphatic heterocycles. The number of ether oxygens (including phenoxy) is 1. The molecule has 120 valence electrons. The van der Waals surface area contributed by atoms with E-state index in [-0.39, 0.29) is 5.91 Å². The fourth-order valence-corrected chi connectivity index (χ4v) is 2.69. The van der Waals surface area contributed by atoms with Gasteiger partial charge in [0, 0.05) is 10.7 Å². The number of hydrogen-bond acceptors (Lipinski definition) is 3. The number of amides is 1. The van der Waals surface area contributed by atoms with Gasteiger partial charge in [0.15, 0.2) is 6.10 Å². The zero-order valence-corrected chi connectivity index (χ0v) is 13.9. The summed E-state index contributed by atoms with van der Waals surface area (Å²) < 4.78 is 5.69. The molecule has 1 aliphatic rings. The Hall–Kier alpha value is -1.55. The molecule has 0 radical (unpaired) electrons. The molecule has 1 fully saturated rings. The van der Waals surface area contributed by atoms with E-state index in [0.717, 1.165) is 37.0 Å². The van der Waals surface area contributed by atoms with E-state index in [0.29, 0.717) is 10.8 Å². The molecule has 5 heteroatoms. The van der Waals surface area contributed by atoms with Crippen LogP contribution in [0.1, 0.15) is 51.0 Å². The SMILES string of the molecule is Cc1cc(Cl)ccc1O[C@@H](C)C(=O)NN=C1CCCCCC1. The fourth-order valence-electron chi connectivity index (χ4n) is 2.46. The summed E-state index contributed by atoms with van der Waals surface area (Å²) in [6.45, 7) is 3.62. The molecule has 1 aromatic rings. The van der Waals surface area contributed by atoms with Crippen LogP contribution in [0.5, 0.6) is 5.75 Å². The van der Waals surface area contributed by atoms with Crippen LogP contribution < -0.4 is 10.2 Å². The number of aryl methyl sites for hydroxylation is 1. The summed E-state index contributed by atoms with van der Waals surface area (Å²) in [7, 11) is 0. The van der Waals surface area contributed by atoms with Crippen LogP contribution in [0.2, 0.25) is 5.02 Å². The zero-order chi connectivity index (χ0) is 15.9. The van der Waals surface area contributed by atoms with E-state index in [1.165, 1.54) is 12.8 Å². The maximum Gasteiger partial charge on any atom is 0.280 e. The van der Waals surface area contributed by atoms with Crippen molar-refractivity contribution in [2.75, 3.05) is 0 Å². The van der Waals surface area contributed by atoms with Crippen LogP contribution in [0.4, 0.5) is 0 Å². The number of rotatable bonds is 4. The Bertz CT molecular complexity index is 548. The number of halogens is 1. The van der Waals surface area contributed by atoms with Gasteiger partial charge in [0.25, 0.3) is 5.91 Å². The highest BCUT2D eigenvalue weighted by molar-refractivity contribution is 6.30. The number of hydrogen-bond donors (Lipinski definition) is 1. The summed E-state index contributed by atoms with van der Waals surface area (Å²) in [5, 5.41) is 4.91. The molecule has 1 aromatic carbocycles. The van der Waals surface area contributed by atoms with Gasteiger partial charge in [-0.1, -0.05) is 24.4 Å². The summed E-state index contributed by atoms with van der Waals surface area (Å²) in [6.07, 6.45) is 6.17. The maximum atomic E-state index is 12.1. The van der Waals surface area contributed by atoms with Crippen molar-refractivity contribution >= 4 is 23.2 Å². The number of nitrogens with zero attached hydrogens (tertiary/aromatic N) is 1. The minimum absolute atomic E-state index is 0.230. The maximum absolute atomic E-state index is 12.1. The lowest BCUT2D eigenvalue weighted by molar-refractivity contribution is -0.127. The van der Waals surface area contributed by atoms with Crippen molar-refractivity contribution in [1.82, 2.24) is 5.43 Å². The van der Waals surface area contributed by atoms with Crippen molar-refractivity contribution in [3.63, 3.8) is 0 Å². The normalized spacial score (nSPS) is 16.6. The molecule has 0 aromatic heterocycles. The quantitative estimate of drug-likeness (QED) is 0.665. The van der Waals surface area contributed by atoms with Crippen molar-refractivity contribution in [3.05, 3.63) is 28.8 Å². The third-order valence-corrected chi connectivity index (χ3v) is 4.05. The average molecular weight is 323 g/mol. The fraction of sp³-hybridized carbons (Fsp3) is 0.529. The van der Waals surface area contributed by atoms with Crippen LogP contribution in [0.15, 0.2) is 23.3 Å². The Kier molecular flexibility index (Phi) is 6.25. The topological polar surface area (TPSA) is 50.7 Å². The lowest BCUT2D eigenvalue weighted by Crippen LogP contribution is -2.34. The molecule has 0 spiro atoms. The van der Waals surface area contributed by atoms with Crippen LogP contribution >= 0.6 is 11.6 Å². The Labute approximate surface area is 136 Å². The first-order valence-corrected chi connectivity index (χ1v) is 8.22. The van der Waals surface area contributed by atoms with Gasteiger partial charge >= 0.3 is 0 Å². The van der Waals surface area contributed by atoms with E-state index in [2.05, 4.69) is 10.5 Å². The zero-order valence-electron chi connectivity index (χ0n) is 13.2. The van der Waals surface area contributed by atoms with Gasteiger partial charge in [0.1, 0.15) is 5.75 Å². The van der Waals surface area contributed by atoms with Crippen molar-refractivity contribution in [3.8, 4) is 5.75 Å². The Morgan fingerprint density at radius 2 is 1.95 bits per heavy atom. The first-order valence-electron chi connectivity index (χ1n) is 7.84. The van der Waals surface area contributed by atoms with Gasteiger partial charge in [-0.25, -0.2) is 5.43 Å². The predicted octanol–water partition coefficient (Wildman–Crippen LogP) is 4.24. The molecular formula is C17H23ClN2O2. The first-order chi connectivity index (χ1) is 10.6. The Morgan fingerprint density at radius 1 is 1.27 bits per heavy atom. The largest absolute Gasteiger partial charge is 0.481 e. The van der Waals surface area contributed by atoms with Gasteiger partial charge in [-0.2, -0.15) is 5.10 Å². The second kappa shape index (κ2) is 8.18. The molecule has 1 amide bonds. The molecule has 1 saturated carbocycles. The number of carbonyl (C=O) groups is 1. The van der Waals surface area contributed by atoms with E-state index in [9.17, 15) is 4.79 Å². The highest BCUT2D eigenvalue weighted by Crippen LogP contribution is 2.22. The smallest absolute Gasteiger partial charge is 0.280 e. The van der Waals surface area contributed by atoms with Crippen LogP contribution in [-0.2, 0) is 4.79 Å². The van der Waals surface area contributed by atoms with E-state index in [1.807, 2.05) is 13.0 Å². The summed E-state index contributed by atoms with van der Waals surface area (Å²) in [6, 6.07) is 5.34. The predicted molar refractivity (Wildman–Crippen MR) is 89.6 cm³/mol. The highest BCUT2D eigenvalue weighted by atomic mass is 35.5. The van der Waals surface area contributed by atoms with Gasteiger partial charge in [-0.3, -0.25) is 4.79 Å². The Morgan fingerprint density at radius 3 is 2.59 bits per heavy atom. The van der Waals surface area contributed by atoms with Crippen LogP contribution in [0, 0.1) is 6.92 Å². The van der Waals surface area contributed by atoms with E-state index in [1.54, 1.807) is 19.1 Å². The number of benzene rings is 1. The van der Waals surface area contributed by atoms with Gasteiger partial charge in [-0.05, 0) is 63.3 Å². The molecule has 1 atom stereocenters. The standard InChI is InChI=1S/C17H23ClN2O2/c1-12-11-14(18)9-10-16(12)22-13(2)17(21)20-19-15-7-5-3-4-6-8-15/h9-11,13H,3-8H2,1-2H3,(H,20,21)/t13-/m0/s1. The minimum Gasteiger partial charge on any atom is -0.481 e. The Balaban J connectivity index is 1.90. The lowest BCUT2D eigenvalue weighted by atomic mass is 10.2. The molecule has 1 aliphatic carbocycles. The lowest BCUT2D eigenvalue weighted by Gasteiger charge is -2.15. The van der Waals surface area contributed by atoms with Crippen LogP contribution in [-0.4, -0.2) is 17.7 Å². The van der Waals surface area contributed by atoms with Crippen molar-refractivity contribution < 1.29 is 9.53 Å². The molecule has 2 rings (SSSR count). The van der Waals surface area contributed by atoms with Crippen LogP contribution in [0.25, 0.3) is 0 Å². The molecule has 0 bridgehead atoms. The summed E-state index contributed by atoms with van der Waals surface area (Å²) in [5.41, 5.74) is 4.62. The highest BCUT2D eigenvalue weighted by Gasteiger charge is 2.16. The van der Waals surface area contributed by atoms with Crippen molar-refractivity contribution in [1.29, 1.82) is 0 Å². The van der Waals surface area contributed by atoms with E-state index >= 15 is 0 Å². The summed E-state index contributed by atoms with van der Waals surface area (Å²) in [5.74, 6) is 0.431.